The van der Waals surface area contributed by atoms with Crippen LogP contribution in [0, 0.1) is 6.92 Å². The van der Waals surface area contributed by atoms with E-state index in [1.807, 2.05) is 25.5 Å². The molecule has 0 unspecified atom stereocenters. The predicted molar refractivity (Wildman–Crippen MR) is 114 cm³/mol. The fraction of sp³-hybridized carbons (Fsp3) is 0.400. The first-order valence-corrected chi connectivity index (χ1v) is 10.8. The highest BCUT2D eigenvalue weighted by Crippen LogP contribution is 2.27. The predicted octanol–water partition coefficient (Wildman–Crippen LogP) is 4.00. The molecular weight excluding hydrogens is 384 g/mol. The number of rotatable bonds is 5. The molecule has 1 aliphatic rings. The monoisotopic (exact) mass is 408 g/mol. The van der Waals surface area contributed by atoms with Crippen molar-refractivity contribution in [1.29, 1.82) is 0 Å². The van der Waals surface area contributed by atoms with Crippen LogP contribution in [0.1, 0.15) is 37.1 Å². The van der Waals surface area contributed by atoms with Gasteiger partial charge in [-0.15, -0.1) is 0 Å². The molecule has 4 aromatic rings. The molecule has 150 valence electrons. The largest absolute Gasteiger partial charge is 0.328 e. The van der Waals surface area contributed by atoms with Crippen molar-refractivity contribution in [3.05, 3.63) is 42.2 Å². The van der Waals surface area contributed by atoms with Gasteiger partial charge >= 0.3 is 0 Å². The highest BCUT2D eigenvalue weighted by atomic mass is 32.1. The normalized spacial score (nSPS) is 15.6. The maximum Gasteiger partial charge on any atom is 0.180 e. The van der Waals surface area contributed by atoms with Gasteiger partial charge in [0, 0.05) is 24.5 Å². The zero-order valence-electron chi connectivity index (χ0n) is 16.4. The molecule has 0 bridgehead atoms. The zero-order chi connectivity index (χ0) is 19.6. The first-order valence-electron chi connectivity index (χ1n) is 10.0. The lowest BCUT2D eigenvalue weighted by atomic mass is 10.2. The maximum absolute atomic E-state index is 4.68. The molecule has 1 aliphatic heterocycles. The Bertz CT molecular complexity index is 1090. The molecule has 0 saturated carbocycles. The number of aromatic amines is 1. The zero-order valence-corrected chi connectivity index (χ0v) is 17.2. The molecule has 0 atom stereocenters. The number of likely N-dealkylation sites (tertiary alicyclic amines) is 1. The molecule has 8 nitrogen and oxygen atoms in total. The summed E-state index contributed by atoms with van der Waals surface area (Å²) >= 11 is 1.48. The molecule has 1 saturated heterocycles. The van der Waals surface area contributed by atoms with Crippen molar-refractivity contribution in [3.63, 3.8) is 0 Å². The lowest BCUT2D eigenvalue weighted by Crippen LogP contribution is -2.24. The summed E-state index contributed by atoms with van der Waals surface area (Å²) in [4.78, 5) is 11.8. The van der Waals surface area contributed by atoms with E-state index in [9.17, 15) is 0 Å². The SMILES string of the molecule is Cc1cn2c(-c3cn[nH]c3)cnc2c(Nc2cc(CN3CCCCCC3)ns2)n1. The van der Waals surface area contributed by atoms with Gasteiger partial charge in [0.1, 0.15) is 5.00 Å². The number of aromatic nitrogens is 6. The van der Waals surface area contributed by atoms with Crippen molar-refractivity contribution in [1.82, 2.24) is 33.8 Å². The van der Waals surface area contributed by atoms with Gasteiger partial charge in [-0.3, -0.25) is 14.4 Å². The van der Waals surface area contributed by atoms with E-state index in [4.69, 9.17) is 0 Å². The van der Waals surface area contributed by atoms with E-state index in [0.29, 0.717) is 0 Å². The molecule has 0 amide bonds. The van der Waals surface area contributed by atoms with E-state index in [1.165, 1.54) is 50.3 Å². The summed E-state index contributed by atoms with van der Waals surface area (Å²) in [5, 5.41) is 11.3. The van der Waals surface area contributed by atoms with Gasteiger partial charge in [0.2, 0.25) is 0 Å². The second-order valence-corrected chi connectivity index (χ2v) is 8.36. The Morgan fingerprint density at radius 2 is 2.03 bits per heavy atom. The highest BCUT2D eigenvalue weighted by molar-refractivity contribution is 7.10. The quantitative estimate of drug-likeness (QED) is 0.519. The molecule has 5 rings (SSSR count). The van der Waals surface area contributed by atoms with Crippen LogP contribution in [0.3, 0.4) is 0 Å². The lowest BCUT2D eigenvalue weighted by Gasteiger charge is -2.17. The Labute approximate surface area is 173 Å². The molecule has 0 aromatic carbocycles. The fourth-order valence-corrected chi connectivity index (χ4v) is 4.54. The van der Waals surface area contributed by atoms with Crippen molar-refractivity contribution < 1.29 is 0 Å². The second-order valence-electron chi connectivity index (χ2n) is 7.55. The van der Waals surface area contributed by atoms with Crippen LogP contribution in [0.2, 0.25) is 0 Å². The second kappa shape index (κ2) is 7.92. The van der Waals surface area contributed by atoms with Crippen LogP contribution < -0.4 is 5.32 Å². The van der Waals surface area contributed by atoms with E-state index in [-0.39, 0.29) is 0 Å². The van der Waals surface area contributed by atoms with Crippen LogP contribution in [0.5, 0.6) is 0 Å². The Morgan fingerprint density at radius 3 is 2.83 bits per heavy atom. The third-order valence-electron chi connectivity index (χ3n) is 5.29. The average Bonchev–Trinajstić information content (AvgIpc) is 3.41. The van der Waals surface area contributed by atoms with E-state index in [1.54, 1.807) is 6.20 Å². The minimum Gasteiger partial charge on any atom is -0.328 e. The summed E-state index contributed by atoms with van der Waals surface area (Å²) < 4.78 is 6.71. The van der Waals surface area contributed by atoms with Gasteiger partial charge in [-0.25, -0.2) is 9.97 Å². The van der Waals surface area contributed by atoms with E-state index >= 15 is 0 Å². The molecule has 4 aromatic heterocycles. The third kappa shape index (κ3) is 3.88. The number of aryl methyl sites for hydroxylation is 1. The van der Waals surface area contributed by atoms with Crippen molar-refractivity contribution in [2.75, 3.05) is 18.4 Å². The summed E-state index contributed by atoms with van der Waals surface area (Å²) in [6.45, 7) is 5.25. The summed E-state index contributed by atoms with van der Waals surface area (Å²) in [7, 11) is 0. The number of imidazole rings is 1. The minimum absolute atomic E-state index is 0.740. The Hall–Kier alpha value is -2.78. The van der Waals surface area contributed by atoms with Gasteiger partial charge in [-0.05, 0) is 50.5 Å². The molecule has 0 spiro atoms. The topological polar surface area (TPSA) is 87.0 Å². The fourth-order valence-electron chi connectivity index (χ4n) is 3.88. The van der Waals surface area contributed by atoms with Crippen LogP contribution in [0.15, 0.2) is 30.9 Å². The van der Waals surface area contributed by atoms with Gasteiger partial charge in [0.05, 0.1) is 29.5 Å². The molecule has 2 N–H and O–H groups in total. The number of hydrogen-bond donors (Lipinski definition) is 2. The van der Waals surface area contributed by atoms with Crippen molar-refractivity contribution in [2.24, 2.45) is 0 Å². The molecular formula is C20H24N8S. The lowest BCUT2D eigenvalue weighted by molar-refractivity contribution is 0.274. The van der Waals surface area contributed by atoms with Crippen molar-refractivity contribution in [2.45, 2.75) is 39.2 Å². The first kappa shape index (κ1) is 18.3. The number of nitrogens with one attached hydrogen (secondary N) is 2. The minimum atomic E-state index is 0.740. The van der Waals surface area contributed by atoms with Crippen molar-refractivity contribution in [3.8, 4) is 11.3 Å². The molecule has 29 heavy (non-hydrogen) atoms. The maximum atomic E-state index is 4.68. The molecule has 0 aliphatic carbocycles. The van der Waals surface area contributed by atoms with Crippen LogP contribution in [-0.4, -0.2) is 46.9 Å². The number of H-pyrrole nitrogens is 1. The number of anilines is 2. The standard InChI is InChI=1S/C20H24N8S/c1-14-12-28-17(15-9-22-23-10-15)11-21-20(28)19(24-14)25-18-8-16(26-29-18)13-27-6-4-2-3-5-7-27/h8-12H,2-7,13H2,1H3,(H,22,23)(H,24,25). The van der Waals surface area contributed by atoms with Crippen LogP contribution in [-0.2, 0) is 6.54 Å². The molecule has 1 fully saturated rings. The Morgan fingerprint density at radius 1 is 1.17 bits per heavy atom. The number of hydrogen-bond acceptors (Lipinski definition) is 7. The van der Waals surface area contributed by atoms with Gasteiger partial charge in [0.25, 0.3) is 0 Å². The molecule has 9 heteroatoms. The van der Waals surface area contributed by atoms with Crippen LogP contribution >= 0.6 is 11.5 Å². The summed E-state index contributed by atoms with van der Waals surface area (Å²) in [5.74, 6) is 0.740. The summed E-state index contributed by atoms with van der Waals surface area (Å²) in [6, 6.07) is 2.13. The number of nitrogens with zero attached hydrogens (tertiary/aromatic N) is 6. The smallest absolute Gasteiger partial charge is 0.180 e. The average molecular weight is 409 g/mol. The molecule has 0 radical (unpaired) electrons. The summed E-state index contributed by atoms with van der Waals surface area (Å²) in [6.07, 6.45) is 12.8. The Balaban J connectivity index is 1.39. The molecule has 5 heterocycles. The summed E-state index contributed by atoms with van der Waals surface area (Å²) in [5.41, 5.74) is 4.79. The van der Waals surface area contributed by atoms with E-state index in [0.717, 1.165) is 45.7 Å². The van der Waals surface area contributed by atoms with Gasteiger partial charge in [0.15, 0.2) is 11.5 Å². The van der Waals surface area contributed by atoms with Gasteiger partial charge in [-0.1, -0.05) is 12.8 Å². The van der Waals surface area contributed by atoms with Crippen LogP contribution in [0.25, 0.3) is 16.9 Å². The first-order chi connectivity index (χ1) is 14.3. The third-order valence-corrected chi connectivity index (χ3v) is 6.03. The highest BCUT2D eigenvalue weighted by Gasteiger charge is 2.15. The van der Waals surface area contributed by atoms with Crippen molar-refractivity contribution >= 4 is 28.0 Å². The van der Waals surface area contributed by atoms with Gasteiger partial charge in [-0.2, -0.15) is 9.47 Å². The van der Waals surface area contributed by atoms with Gasteiger partial charge < -0.3 is 5.32 Å². The van der Waals surface area contributed by atoms with E-state index < -0.39 is 0 Å². The number of fused-ring (bicyclic) bond motifs is 1. The van der Waals surface area contributed by atoms with Crippen LogP contribution in [0.4, 0.5) is 10.8 Å². The Kier molecular flexibility index (Phi) is 4.99. The van der Waals surface area contributed by atoms with E-state index in [2.05, 4.69) is 45.2 Å².